The summed E-state index contributed by atoms with van der Waals surface area (Å²) in [5.41, 5.74) is 5.86. The largest absolute Gasteiger partial charge is 0.496 e. The van der Waals surface area contributed by atoms with Crippen molar-refractivity contribution in [1.29, 1.82) is 0 Å². The molecule has 0 saturated heterocycles. The third-order valence-electron chi connectivity index (χ3n) is 6.21. The van der Waals surface area contributed by atoms with Crippen molar-refractivity contribution in [2.45, 2.75) is 13.8 Å². The van der Waals surface area contributed by atoms with E-state index in [4.69, 9.17) is 20.8 Å². The summed E-state index contributed by atoms with van der Waals surface area (Å²) in [5.74, 6) is 0.411. The molecule has 4 nitrogen and oxygen atoms in total. The number of allylic oxidation sites excluding steroid dienone is 1. The zero-order chi connectivity index (χ0) is 24.5. The van der Waals surface area contributed by atoms with Crippen molar-refractivity contribution in [2.75, 3.05) is 12.4 Å². The summed E-state index contributed by atoms with van der Waals surface area (Å²) in [7, 11) is 1.63. The highest BCUT2D eigenvalue weighted by molar-refractivity contribution is 6.33. The summed E-state index contributed by atoms with van der Waals surface area (Å²) < 4.78 is 11.7. The maximum Gasteiger partial charge on any atom is 0.248 e. The molecule has 1 aromatic heterocycles. The third-order valence-corrected chi connectivity index (χ3v) is 6.54. The number of furan rings is 1. The smallest absolute Gasteiger partial charge is 0.248 e. The van der Waals surface area contributed by atoms with Crippen LogP contribution in [0.5, 0.6) is 5.75 Å². The van der Waals surface area contributed by atoms with E-state index in [-0.39, 0.29) is 5.91 Å². The first kappa shape index (κ1) is 22.8. The summed E-state index contributed by atoms with van der Waals surface area (Å²) in [6, 6.07) is 23.8. The molecule has 5 heteroatoms. The van der Waals surface area contributed by atoms with Crippen LogP contribution in [0.25, 0.3) is 38.4 Å². The summed E-state index contributed by atoms with van der Waals surface area (Å²) in [4.78, 5) is 12.8. The van der Waals surface area contributed by atoms with Gasteiger partial charge in [0, 0.05) is 28.2 Å². The monoisotopic (exact) mass is 481 g/mol. The number of hydrogen-bond donors (Lipinski definition) is 1. The fourth-order valence-electron chi connectivity index (χ4n) is 4.46. The van der Waals surface area contributed by atoms with Gasteiger partial charge in [-0.3, -0.25) is 4.79 Å². The van der Waals surface area contributed by atoms with Gasteiger partial charge in [-0.05, 0) is 60.0 Å². The maximum atomic E-state index is 12.8. The minimum Gasteiger partial charge on any atom is -0.496 e. The number of hydrogen-bond acceptors (Lipinski definition) is 3. The van der Waals surface area contributed by atoms with Crippen LogP contribution in [0.3, 0.4) is 0 Å². The summed E-state index contributed by atoms with van der Waals surface area (Å²) in [6.45, 7) is 3.86. The molecule has 5 rings (SSSR count). The van der Waals surface area contributed by atoms with Gasteiger partial charge >= 0.3 is 0 Å². The fraction of sp³-hybridized carbons (Fsp3) is 0.100. The van der Waals surface area contributed by atoms with Crippen molar-refractivity contribution >= 4 is 50.5 Å². The number of rotatable bonds is 5. The van der Waals surface area contributed by atoms with E-state index in [9.17, 15) is 4.79 Å². The van der Waals surface area contributed by atoms with Gasteiger partial charge in [-0.2, -0.15) is 0 Å². The van der Waals surface area contributed by atoms with E-state index in [1.165, 1.54) is 5.39 Å². The highest BCUT2D eigenvalue weighted by Gasteiger charge is 2.19. The Kier molecular flexibility index (Phi) is 6.06. The highest BCUT2D eigenvalue weighted by Crippen LogP contribution is 2.41. The average molecular weight is 482 g/mol. The second-order valence-corrected chi connectivity index (χ2v) is 8.87. The van der Waals surface area contributed by atoms with Gasteiger partial charge in [0.2, 0.25) is 5.91 Å². The highest BCUT2D eigenvalue weighted by atomic mass is 35.5. The molecule has 0 unspecified atom stereocenters. The number of carbonyl (C=O) groups excluding carboxylic acids is 1. The molecule has 1 amide bonds. The van der Waals surface area contributed by atoms with E-state index < -0.39 is 0 Å². The molecule has 0 spiro atoms. The molecule has 1 N–H and O–H groups in total. The molecular formula is C30H24ClNO3. The lowest BCUT2D eigenvalue weighted by molar-refractivity contribution is -0.111. The molecule has 0 aliphatic carbocycles. The Hall–Kier alpha value is -4.02. The lowest BCUT2D eigenvalue weighted by Gasteiger charge is -2.13. The quantitative estimate of drug-likeness (QED) is 0.257. The molecule has 4 aromatic carbocycles. The molecule has 35 heavy (non-hydrogen) atoms. The van der Waals surface area contributed by atoms with E-state index >= 15 is 0 Å². The van der Waals surface area contributed by atoms with Crippen LogP contribution in [-0.2, 0) is 4.79 Å². The lowest BCUT2D eigenvalue weighted by atomic mass is 9.95. The SMILES string of the molecule is COc1c(/C(C)=C/C(=O)Nc2ccccc2Cl)cc2c(-c3ccc4ccccc4c3)coc2c1C. The van der Waals surface area contributed by atoms with Gasteiger partial charge < -0.3 is 14.5 Å². The van der Waals surface area contributed by atoms with Gasteiger partial charge in [0.25, 0.3) is 0 Å². The minimum atomic E-state index is -0.266. The van der Waals surface area contributed by atoms with Gasteiger partial charge in [0.15, 0.2) is 0 Å². The Labute approximate surface area is 208 Å². The van der Waals surface area contributed by atoms with Crippen LogP contribution in [0, 0.1) is 6.92 Å². The number of anilines is 1. The Morgan fingerprint density at radius 1 is 1.00 bits per heavy atom. The molecule has 0 aliphatic heterocycles. The Morgan fingerprint density at radius 3 is 2.51 bits per heavy atom. The number of amides is 1. The second-order valence-electron chi connectivity index (χ2n) is 8.47. The topological polar surface area (TPSA) is 51.5 Å². The Bertz CT molecular complexity index is 1610. The average Bonchev–Trinajstić information content (AvgIpc) is 3.29. The Morgan fingerprint density at radius 2 is 1.74 bits per heavy atom. The molecule has 0 aliphatic rings. The van der Waals surface area contributed by atoms with Gasteiger partial charge in [0.1, 0.15) is 11.3 Å². The van der Waals surface area contributed by atoms with Crippen LogP contribution in [0.1, 0.15) is 18.1 Å². The third kappa shape index (κ3) is 4.29. The van der Waals surface area contributed by atoms with Crippen molar-refractivity contribution in [3.63, 3.8) is 0 Å². The number of halogens is 1. The van der Waals surface area contributed by atoms with Crippen molar-refractivity contribution in [2.24, 2.45) is 0 Å². The van der Waals surface area contributed by atoms with Crippen molar-refractivity contribution in [1.82, 2.24) is 0 Å². The van der Waals surface area contributed by atoms with Crippen LogP contribution in [0.4, 0.5) is 5.69 Å². The van der Waals surface area contributed by atoms with Crippen LogP contribution in [0.15, 0.2) is 89.6 Å². The number of carbonyl (C=O) groups is 1. The number of ether oxygens (including phenoxy) is 1. The molecule has 1 heterocycles. The molecule has 0 bridgehead atoms. The van der Waals surface area contributed by atoms with Gasteiger partial charge in [0.05, 0.1) is 24.1 Å². The molecule has 174 valence electrons. The van der Waals surface area contributed by atoms with Gasteiger partial charge in [-0.25, -0.2) is 0 Å². The first-order chi connectivity index (χ1) is 17.0. The van der Waals surface area contributed by atoms with Crippen molar-refractivity contribution in [3.8, 4) is 16.9 Å². The summed E-state index contributed by atoms with van der Waals surface area (Å²) >= 11 is 6.19. The second kappa shape index (κ2) is 9.32. The predicted octanol–water partition coefficient (Wildman–Crippen LogP) is 8.27. The number of methoxy groups -OCH3 is 1. The zero-order valence-electron chi connectivity index (χ0n) is 19.7. The van der Waals surface area contributed by atoms with Gasteiger partial charge in [-0.15, -0.1) is 0 Å². The van der Waals surface area contributed by atoms with Crippen LogP contribution < -0.4 is 10.1 Å². The molecule has 5 aromatic rings. The minimum absolute atomic E-state index is 0.266. The molecule has 0 saturated carbocycles. The maximum absolute atomic E-state index is 12.8. The first-order valence-corrected chi connectivity index (χ1v) is 11.7. The predicted molar refractivity (Wildman–Crippen MR) is 144 cm³/mol. The fourth-order valence-corrected chi connectivity index (χ4v) is 4.64. The van der Waals surface area contributed by atoms with E-state index in [2.05, 4.69) is 35.6 Å². The summed E-state index contributed by atoms with van der Waals surface area (Å²) in [5, 5.41) is 6.64. The molecule has 0 radical (unpaired) electrons. The van der Waals surface area contributed by atoms with E-state index in [1.54, 1.807) is 31.6 Å². The van der Waals surface area contributed by atoms with E-state index in [0.29, 0.717) is 16.5 Å². The van der Waals surface area contributed by atoms with Crippen molar-refractivity contribution < 1.29 is 13.9 Å². The summed E-state index contributed by atoms with van der Waals surface area (Å²) in [6.07, 6.45) is 3.34. The molecule has 0 atom stereocenters. The van der Waals surface area contributed by atoms with Crippen molar-refractivity contribution in [3.05, 3.63) is 101 Å². The van der Waals surface area contributed by atoms with Gasteiger partial charge in [-0.1, -0.05) is 60.1 Å². The lowest BCUT2D eigenvalue weighted by Crippen LogP contribution is -2.09. The standard InChI is InChI=1S/C30H24ClNO3/c1-18(14-28(33)32-27-11-7-6-10-26(27)31)23-16-24-25(17-35-30(24)19(2)29(23)34-3)22-13-12-20-8-4-5-9-21(20)15-22/h4-17H,1-3H3,(H,32,33)/b18-14+. The normalized spacial score (nSPS) is 11.7. The first-order valence-electron chi connectivity index (χ1n) is 11.3. The van der Waals surface area contributed by atoms with Crippen LogP contribution >= 0.6 is 11.6 Å². The Balaban J connectivity index is 1.59. The molecule has 0 fully saturated rings. The van der Waals surface area contributed by atoms with Crippen LogP contribution in [0.2, 0.25) is 5.02 Å². The number of nitrogens with one attached hydrogen (secondary N) is 1. The number of benzene rings is 4. The van der Waals surface area contributed by atoms with E-state index in [1.807, 2.05) is 44.2 Å². The van der Waals surface area contributed by atoms with E-state index in [0.717, 1.165) is 44.2 Å². The number of para-hydroxylation sites is 1. The number of aryl methyl sites for hydroxylation is 1. The van der Waals surface area contributed by atoms with Crippen LogP contribution in [-0.4, -0.2) is 13.0 Å². The zero-order valence-corrected chi connectivity index (χ0v) is 20.4. The number of fused-ring (bicyclic) bond motifs is 2. The molecular weight excluding hydrogens is 458 g/mol.